The topological polar surface area (TPSA) is 70.5 Å². The summed E-state index contributed by atoms with van der Waals surface area (Å²) in [6.07, 6.45) is 3.93. The highest BCUT2D eigenvalue weighted by Gasteiger charge is 2.23. The number of halogens is 1. The number of nitrogens with zero attached hydrogens (tertiary/aromatic N) is 2. The van der Waals surface area contributed by atoms with E-state index in [2.05, 4.69) is 4.98 Å². The van der Waals surface area contributed by atoms with Crippen LogP contribution in [0.5, 0.6) is 0 Å². The Morgan fingerprint density at radius 2 is 1.88 bits per heavy atom. The predicted octanol–water partition coefficient (Wildman–Crippen LogP) is 6.13. The van der Waals surface area contributed by atoms with Crippen LogP contribution >= 0.6 is 35.1 Å². The number of carbonyl (C=O) groups is 2. The number of carboxylic acid groups (broad SMARTS) is 1. The van der Waals surface area contributed by atoms with Gasteiger partial charge in [-0.2, -0.15) is 0 Å². The van der Waals surface area contributed by atoms with E-state index in [0.29, 0.717) is 15.9 Å². The van der Waals surface area contributed by atoms with Crippen LogP contribution in [-0.4, -0.2) is 57.0 Å². The summed E-state index contributed by atoms with van der Waals surface area (Å²) < 4.78 is 0. The molecule has 5 nitrogen and oxygen atoms in total. The van der Waals surface area contributed by atoms with Gasteiger partial charge in [-0.25, -0.2) is 4.98 Å². The summed E-state index contributed by atoms with van der Waals surface area (Å²) >= 11 is 9.04. The average Bonchev–Trinajstić information content (AvgIpc) is 2.82. The van der Waals surface area contributed by atoms with Gasteiger partial charge in [0.2, 0.25) is 5.91 Å². The highest BCUT2D eigenvalue weighted by molar-refractivity contribution is 8.16. The van der Waals surface area contributed by atoms with E-state index in [0.717, 1.165) is 27.7 Å². The number of likely N-dealkylation sites (N-methyl/N-ethyl adjacent to an activating group) is 1. The van der Waals surface area contributed by atoms with Gasteiger partial charge in [0.1, 0.15) is 5.25 Å². The monoisotopic (exact) mass is 514 g/mol. The quantitative estimate of drug-likeness (QED) is 0.259. The lowest BCUT2D eigenvalue weighted by atomic mass is 9.97. The predicted molar refractivity (Wildman–Crippen MR) is 146 cm³/mol. The molecule has 34 heavy (non-hydrogen) atoms. The third-order valence-electron chi connectivity index (χ3n) is 5.21. The van der Waals surface area contributed by atoms with E-state index in [9.17, 15) is 9.59 Å². The van der Waals surface area contributed by atoms with Crippen molar-refractivity contribution in [3.8, 4) is 0 Å². The van der Waals surface area contributed by atoms with Gasteiger partial charge in [0.25, 0.3) is 0 Å². The maximum Gasteiger partial charge on any atom is 0.316 e. The third kappa shape index (κ3) is 7.26. The first kappa shape index (κ1) is 26.1. The molecule has 2 aromatic carbocycles. The third-order valence-corrected chi connectivity index (χ3v) is 7.92. The van der Waals surface area contributed by atoms with Crippen molar-refractivity contribution < 1.29 is 14.7 Å². The summed E-state index contributed by atoms with van der Waals surface area (Å²) in [5.74, 6) is -0.528. The van der Waals surface area contributed by atoms with E-state index in [-0.39, 0.29) is 11.8 Å². The number of benzene rings is 2. The Hall–Kier alpha value is -2.48. The van der Waals surface area contributed by atoms with Gasteiger partial charge < -0.3 is 10.0 Å². The second-order valence-corrected chi connectivity index (χ2v) is 11.2. The van der Waals surface area contributed by atoms with Crippen molar-refractivity contribution in [1.82, 2.24) is 9.88 Å². The fourth-order valence-electron chi connectivity index (χ4n) is 3.27. The summed E-state index contributed by atoms with van der Waals surface area (Å²) in [6.45, 7) is 1.67. The van der Waals surface area contributed by atoms with E-state index in [1.807, 2.05) is 66.7 Å². The van der Waals surface area contributed by atoms with Crippen LogP contribution in [0.2, 0.25) is 5.02 Å². The van der Waals surface area contributed by atoms with Gasteiger partial charge in [0.05, 0.1) is 17.1 Å². The molecule has 0 bridgehead atoms. The summed E-state index contributed by atoms with van der Waals surface area (Å²) in [7, 11) is 3.51. The maximum atomic E-state index is 12.9. The molecule has 2 atom stereocenters. The second-order valence-electron chi connectivity index (χ2n) is 8.00. The number of pyridine rings is 1. The van der Waals surface area contributed by atoms with E-state index in [1.165, 1.54) is 11.8 Å². The molecule has 0 aliphatic carbocycles. The molecule has 0 spiro atoms. The van der Waals surface area contributed by atoms with Crippen molar-refractivity contribution in [1.29, 1.82) is 0 Å². The van der Waals surface area contributed by atoms with Gasteiger partial charge in [-0.3, -0.25) is 9.59 Å². The van der Waals surface area contributed by atoms with Crippen LogP contribution in [0, 0.1) is 0 Å². The lowest BCUT2D eigenvalue weighted by molar-refractivity contribution is -0.136. The van der Waals surface area contributed by atoms with E-state index in [1.54, 1.807) is 37.7 Å². The Morgan fingerprint density at radius 3 is 2.62 bits per heavy atom. The van der Waals surface area contributed by atoms with Crippen molar-refractivity contribution in [2.45, 2.75) is 18.1 Å². The number of hydrogen-bond donors (Lipinski definition) is 1. The van der Waals surface area contributed by atoms with Crippen LogP contribution < -0.4 is 0 Å². The Morgan fingerprint density at radius 1 is 1.12 bits per heavy atom. The van der Waals surface area contributed by atoms with Gasteiger partial charge >= 0.3 is 5.97 Å². The van der Waals surface area contributed by atoms with Gasteiger partial charge in [0, 0.05) is 35.3 Å². The zero-order valence-corrected chi connectivity index (χ0v) is 21.7. The van der Waals surface area contributed by atoms with Crippen molar-refractivity contribution >= 4 is 70.1 Å². The molecule has 0 fully saturated rings. The van der Waals surface area contributed by atoms with Crippen molar-refractivity contribution in [2.24, 2.45) is 0 Å². The molecular formula is C26H27ClN2O3S2. The minimum absolute atomic E-state index is 0.0259. The molecule has 1 amide bonds. The van der Waals surface area contributed by atoms with Crippen LogP contribution in [0.3, 0.4) is 0 Å². The van der Waals surface area contributed by atoms with Gasteiger partial charge in [-0.05, 0) is 42.3 Å². The van der Waals surface area contributed by atoms with Crippen LogP contribution in [0.1, 0.15) is 29.7 Å². The molecule has 0 saturated carbocycles. The number of rotatable bonds is 10. The molecule has 1 aromatic heterocycles. The first-order valence-corrected chi connectivity index (χ1v) is 13.3. The Labute approximate surface area is 213 Å². The number of aliphatic carboxylic acids is 1. The second kappa shape index (κ2) is 12.3. The molecule has 2 unspecified atom stereocenters. The SMILES string of the molecule is CC(SCSCC(C(=O)N(C)C)c1cccc(/C=C/c2ccc3ccc(Cl)cc3n2)c1)C(=O)O. The lowest BCUT2D eigenvalue weighted by Crippen LogP contribution is -2.29. The zero-order valence-electron chi connectivity index (χ0n) is 19.3. The van der Waals surface area contributed by atoms with Gasteiger partial charge in [0.15, 0.2) is 0 Å². The summed E-state index contributed by atoms with van der Waals surface area (Å²) in [5, 5.41) is 10.9. The number of aromatic nitrogens is 1. The summed E-state index contributed by atoms with van der Waals surface area (Å²) in [4.78, 5) is 30.2. The zero-order chi connectivity index (χ0) is 24.7. The standard InChI is InChI=1S/C26H27ClN2O3S2/c1-17(26(31)32)34-16-33-15-23(25(30)29(2)3)20-6-4-5-18(13-20)7-11-22-12-9-19-8-10-21(27)14-24(19)28-22/h4-14,17,23H,15-16H2,1-3H3,(H,31,32)/b11-7+. The molecule has 8 heteroatoms. The number of amides is 1. The Bertz CT molecular complexity index is 1200. The molecule has 1 heterocycles. The highest BCUT2D eigenvalue weighted by atomic mass is 35.5. The normalized spacial score (nSPS) is 13.2. The number of hydrogen-bond acceptors (Lipinski definition) is 5. The summed E-state index contributed by atoms with van der Waals surface area (Å²) in [5.41, 5.74) is 3.57. The minimum Gasteiger partial charge on any atom is -0.480 e. The molecule has 0 aliphatic heterocycles. The number of carbonyl (C=O) groups excluding carboxylic acids is 1. The van der Waals surface area contributed by atoms with E-state index in [4.69, 9.17) is 16.7 Å². The molecule has 0 radical (unpaired) electrons. The number of carboxylic acids is 1. The molecule has 178 valence electrons. The maximum absolute atomic E-state index is 12.9. The molecule has 3 aromatic rings. The van der Waals surface area contributed by atoms with E-state index < -0.39 is 11.2 Å². The fourth-order valence-corrected chi connectivity index (χ4v) is 5.74. The van der Waals surface area contributed by atoms with Gasteiger partial charge in [-0.1, -0.05) is 54.1 Å². The van der Waals surface area contributed by atoms with Crippen LogP contribution in [0.25, 0.3) is 23.1 Å². The Kier molecular flexibility index (Phi) is 9.45. The van der Waals surface area contributed by atoms with Crippen molar-refractivity contribution in [2.75, 3.05) is 24.9 Å². The smallest absolute Gasteiger partial charge is 0.316 e. The Balaban J connectivity index is 1.75. The van der Waals surface area contributed by atoms with Crippen molar-refractivity contribution in [3.05, 3.63) is 76.4 Å². The fraction of sp³-hybridized carbons (Fsp3) is 0.269. The van der Waals surface area contributed by atoms with E-state index >= 15 is 0 Å². The largest absolute Gasteiger partial charge is 0.480 e. The van der Waals surface area contributed by atoms with Crippen molar-refractivity contribution in [3.63, 3.8) is 0 Å². The molecular weight excluding hydrogens is 488 g/mol. The first-order chi connectivity index (χ1) is 16.2. The van der Waals surface area contributed by atoms with Crippen LogP contribution in [0.15, 0.2) is 54.6 Å². The van der Waals surface area contributed by atoms with Crippen LogP contribution in [-0.2, 0) is 9.59 Å². The number of fused-ring (bicyclic) bond motifs is 1. The lowest BCUT2D eigenvalue weighted by Gasteiger charge is -2.21. The minimum atomic E-state index is -0.824. The molecule has 3 rings (SSSR count). The molecule has 0 aliphatic rings. The first-order valence-electron chi connectivity index (χ1n) is 10.7. The summed E-state index contributed by atoms with van der Waals surface area (Å²) in [6, 6.07) is 17.5. The number of thioether (sulfide) groups is 2. The molecule has 0 saturated heterocycles. The average molecular weight is 515 g/mol. The van der Waals surface area contributed by atoms with Gasteiger partial charge in [-0.15, -0.1) is 23.5 Å². The highest BCUT2D eigenvalue weighted by Crippen LogP contribution is 2.27. The van der Waals surface area contributed by atoms with Crippen LogP contribution in [0.4, 0.5) is 0 Å². The molecule has 1 N–H and O–H groups in total.